The molecule has 0 saturated carbocycles. The molecule has 4 nitrogen and oxygen atoms in total. The van der Waals surface area contributed by atoms with Crippen molar-refractivity contribution in [2.75, 3.05) is 5.75 Å². The molecule has 7 heteroatoms. The molecule has 1 heterocycles. The molecule has 0 aliphatic heterocycles. The van der Waals surface area contributed by atoms with Crippen molar-refractivity contribution in [1.29, 1.82) is 0 Å². The zero-order valence-electron chi connectivity index (χ0n) is 9.25. The van der Waals surface area contributed by atoms with Crippen LogP contribution >= 0.6 is 27.5 Å². The summed E-state index contributed by atoms with van der Waals surface area (Å²) in [6, 6.07) is 6.65. The molecule has 0 amide bonds. The van der Waals surface area contributed by atoms with Crippen molar-refractivity contribution in [3.8, 4) is 0 Å². The summed E-state index contributed by atoms with van der Waals surface area (Å²) in [5.41, 5.74) is 0. The van der Waals surface area contributed by atoms with Crippen molar-refractivity contribution >= 4 is 37.4 Å². The van der Waals surface area contributed by atoms with E-state index in [2.05, 4.69) is 21.0 Å². The van der Waals surface area contributed by atoms with E-state index in [1.807, 2.05) is 0 Å². The van der Waals surface area contributed by atoms with Crippen LogP contribution in [-0.4, -0.2) is 24.0 Å². The number of hydrogen-bond donors (Lipinski definition) is 0. The van der Waals surface area contributed by atoms with Gasteiger partial charge in [-0.25, -0.2) is 8.42 Å². The van der Waals surface area contributed by atoms with E-state index >= 15 is 0 Å². The van der Waals surface area contributed by atoms with Crippen molar-refractivity contribution in [1.82, 2.24) is 9.78 Å². The van der Waals surface area contributed by atoms with Crippen LogP contribution in [0.2, 0.25) is 5.02 Å². The average molecular weight is 350 g/mol. The van der Waals surface area contributed by atoms with Crippen LogP contribution in [0, 0.1) is 0 Å². The van der Waals surface area contributed by atoms with Crippen molar-refractivity contribution in [2.24, 2.45) is 0 Å². The number of benzene rings is 1. The second kappa shape index (κ2) is 5.42. The fraction of sp³-hybridized carbons (Fsp3) is 0.182. The number of hydrogen-bond acceptors (Lipinski definition) is 3. The molecule has 1 aromatic carbocycles. The smallest absolute Gasteiger partial charge is 0.180 e. The van der Waals surface area contributed by atoms with Crippen LogP contribution in [0.1, 0.15) is 0 Å². The Morgan fingerprint density at radius 3 is 2.78 bits per heavy atom. The number of halogens is 2. The van der Waals surface area contributed by atoms with Gasteiger partial charge in [0.25, 0.3) is 0 Å². The Bertz CT molecular complexity index is 655. The molecule has 0 aliphatic carbocycles. The number of nitrogens with zero attached hydrogens (tertiary/aromatic N) is 2. The molecule has 0 saturated heterocycles. The number of aryl methyl sites for hydroxylation is 1. The van der Waals surface area contributed by atoms with Gasteiger partial charge in [-0.15, -0.1) is 0 Å². The fourth-order valence-corrected chi connectivity index (χ4v) is 3.42. The Hall–Kier alpha value is -0.850. The normalized spacial score (nSPS) is 11.7. The minimum absolute atomic E-state index is 0.0124. The van der Waals surface area contributed by atoms with Gasteiger partial charge in [0, 0.05) is 10.7 Å². The van der Waals surface area contributed by atoms with Crippen molar-refractivity contribution in [3.63, 3.8) is 0 Å². The first-order valence-corrected chi connectivity index (χ1v) is 7.96. The Labute approximate surface area is 119 Å². The highest BCUT2D eigenvalue weighted by Gasteiger charge is 2.14. The molecule has 96 valence electrons. The summed E-state index contributed by atoms with van der Waals surface area (Å²) in [6.07, 6.45) is 3.07. The van der Waals surface area contributed by atoms with Gasteiger partial charge in [-0.05, 0) is 18.2 Å². The number of aromatic nitrogens is 2. The van der Waals surface area contributed by atoms with Gasteiger partial charge in [-0.2, -0.15) is 5.10 Å². The van der Waals surface area contributed by atoms with Crippen LogP contribution < -0.4 is 0 Å². The Morgan fingerprint density at radius 1 is 1.39 bits per heavy atom. The van der Waals surface area contributed by atoms with Gasteiger partial charge in [0.1, 0.15) is 0 Å². The topological polar surface area (TPSA) is 52.0 Å². The molecule has 0 radical (unpaired) electrons. The maximum Gasteiger partial charge on any atom is 0.180 e. The summed E-state index contributed by atoms with van der Waals surface area (Å²) in [6.45, 7) is 0.279. The van der Waals surface area contributed by atoms with Crippen LogP contribution in [0.25, 0.3) is 0 Å². The molecule has 0 bridgehead atoms. The maximum absolute atomic E-state index is 12.1. The van der Waals surface area contributed by atoms with Crippen LogP contribution in [0.15, 0.2) is 46.0 Å². The van der Waals surface area contributed by atoms with Crippen LogP contribution in [0.3, 0.4) is 0 Å². The van der Waals surface area contributed by atoms with Gasteiger partial charge >= 0.3 is 0 Å². The third kappa shape index (κ3) is 3.34. The predicted molar refractivity (Wildman–Crippen MR) is 73.4 cm³/mol. The van der Waals surface area contributed by atoms with E-state index in [0.29, 0.717) is 9.92 Å². The average Bonchev–Trinajstić information content (AvgIpc) is 2.73. The van der Waals surface area contributed by atoms with E-state index < -0.39 is 9.84 Å². The van der Waals surface area contributed by atoms with E-state index in [9.17, 15) is 8.42 Å². The zero-order valence-corrected chi connectivity index (χ0v) is 12.4. The summed E-state index contributed by atoms with van der Waals surface area (Å²) in [5, 5.41) is 4.44. The van der Waals surface area contributed by atoms with Crippen molar-refractivity contribution in [3.05, 3.63) is 46.2 Å². The third-order valence-corrected chi connectivity index (χ3v) is 4.73. The summed E-state index contributed by atoms with van der Waals surface area (Å²) < 4.78 is 26.4. The lowest BCUT2D eigenvalue weighted by Crippen LogP contribution is -2.13. The lowest BCUT2D eigenvalue weighted by Gasteiger charge is -2.05. The van der Waals surface area contributed by atoms with Gasteiger partial charge in [0.05, 0.1) is 28.4 Å². The highest BCUT2D eigenvalue weighted by atomic mass is 79.9. The molecule has 0 unspecified atom stereocenters. The Balaban J connectivity index is 2.13. The van der Waals surface area contributed by atoms with Crippen molar-refractivity contribution in [2.45, 2.75) is 11.4 Å². The van der Waals surface area contributed by atoms with Gasteiger partial charge in [-0.3, -0.25) is 4.68 Å². The van der Waals surface area contributed by atoms with Gasteiger partial charge < -0.3 is 0 Å². The van der Waals surface area contributed by atoms with Gasteiger partial charge in [0.15, 0.2) is 9.84 Å². The second-order valence-corrected chi connectivity index (χ2v) is 7.16. The molecule has 0 aliphatic rings. The van der Waals surface area contributed by atoms with E-state index in [-0.39, 0.29) is 12.3 Å². The molecular weight excluding hydrogens is 340 g/mol. The standard InChI is InChI=1S/C11H10BrClN2O2S/c12-9-2-1-3-11(6-9)18(16,17)5-4-15-8-10(13)7-14-15/h1-3,6-8H,4-5H2. The van der Waals surface area contributed by atoms with E-state index in [1.54, 1.807) is 30.5 Å². The molecule has 0 N–H and O–H groups in total. The Kier molecular flexibility index (Phi) is 4.09. The first-order valence-electron chi connectivity index (χ1n) is 5.14. The quantitative estimate of drug-likeness (QED) is 0.853. The molecular formula is C11H10BrClN2O2S. The highest BCUT2D eigenvalue weighted by Crippen LogP contribution is 2.17. The molecule has 2 rings (SSSR count). The number of rotatable bonds is 4. The molecule has 1 aromatic heterocycles. The minimum Gasteiger partial charge on any atom is -0.270 e. The molecule has 0 atom stereocenters. The monoisotopic (exact) mass is 348 g/mol. The molecule has 0 fully saturated rings. The summed E-state index contributed by atoms with van der Waals surface area (Å²) in [4.78, 5) is 0.301. The Morgan fingerprint density at radius 2 is 2.17 bits per heavy atom. The third-order valence-electron chi connectivity index (χ3n) is 2.35. The summed E-state index contributed by atoms with van der Waals surface area (Å²) in [5.74, 6) is -0.0124. The maximum atomic E-state index is 12.1. The SMILES string of the molecule is O=S(=O)(CCn1cc(Cl)cn1)c1cccc(Br)c1. The van der Waals surface area contributed by atoms with Gasteiger partial charge in [-0.1, -0.05) is 33.6 Å². The first-order chi connectivity index (χ1) is 8.47. The van der Waals surface area contributed by atoms with Crippen LogP contribution in [0.5, 0.6) is 0 Å². The summed E-state index contributed by atoms with van der Waals surface area (Å²) >= 11 is 8.96. The molecule has 18 heavy (non-hydrogen) atoms. The van der Waals surface area contributed by atoms with E-state index in [1.165, 1.54) is 10.9 Å². The second-order valence-electron chi connectivity index (χ2n) is 3.70. The predicted octanol–water partition coefficient (Wildman–Crippen LogP) is 2.77. The zero-order chi connectivity index (χ0) is 13.2. The lowest BCUT2D eigenvalue weighted by atomic mass is 10.4. The minimum atomic E-state index is -3.31. The lowest BCUT2D eigenvalue weighted by molar-refractivity contribution is 0.580. The summed E-state index contributed by atoms with van der Waals surface area (Å²) in [7, 11) is -3.31. The molecule has 0 spiro atoms. The molecule has 2 aromatic rings. The van der Waals surface area contributed by atoms with Crippen LogP contribution in [0.4, 0.5) is 0 Å². The van der Waals surface area contributed by atoms with Crippen LogP contribution in [-0.2, 0) is 16.4 Å². The number of sulfone groups is 1. The van der Waals surface area contributed by atoms with E-state index in [0.717, 1.165) is 4.47 Å². The fourth-order valence-electron chi connectivity index (χ4n) is 1.45. The highest BCUT2D eigenvalue weighted by molar-refractivity contribution is 9.10. The first kappa shape index (κ1) is 13.6. The van der Waals surface area contributed by atoms with E-state index in [4.69, 9.17) is 11.6 Å². The van der Waals surface area contributed by atoms with Crippen molar-refractivity contribution < 1.29 is 8.42 Å². The largest absolute Gasteiger partial charge is 0.270 e. The van der Waals surface area contributed by atoms with Gasteiger partial charge in [0.2, 0.25) is 0 Å².